The van der Waals surface area contributed by atoms with Gasteiger partial charge in [-0.15, -0.1) is 0 Å². The Morgan fingerprint density at radius 2 is 1.89 bits per heavy atom. The fourth-order valence-electron chi connectivity index (χ4n) is 6.19. The van der Waals surface area contributed by atoms with Crippen LogP contribution in [0.15, 0.2) is 11.6 Å². The lowest BCUT2D eigenvalue weighted by atomic mass is 9.49. The summed E-state index contributed by atoms with van der Waals surface area (Å²) in [6.07, 6.45) is 8.80. The first-order valence-corrected chi connectivity index (χ1v) is 11.3. The van der Waals surface area contributed by atoms with E-state index in [9.17, 15) is 9.59 Å². The first-order valence-electron chi connectivity index (χ1n) is 11.3. The topological polar surface area (TPSA) is 61.4 Å². The molecule has 156 valence electrons. The quantitative estimate of drug-likeness (QED) is 0.539. The summed E-state index contributed by atoms with van der Waals surface area (Å²) in [4.78, 5) is 27.2. The molecule has 0 radical (unpaired) electrons. The van der Waals surface area contributed by atoms with E-state index < -0.39 is 5.54 Å². The minimum atomic E-state index is -0.694. The number of carbonyl (C=O) groups is 2. The van der Waals surface area contributed by atoms with Crippen molar-refractivity contribution >= 4 is 11.9 Å². The number of piperidine rings is 1. The number of nitrogens with zero attached hydrogens (tertiary/aromatic N) is 1. The van der Waals surface area contributed by atoms with E-state index in [1.165, 1.54) is 12.8 Å². The zero-order chi connectivity index (χ0) is 20.1. The van der Waals surface area contributed by atoms with Gasteiger partial charge in [0.1, 0.15) is 5.54 Å². The van der Waals surface area contributed by atoms with Gasteiger partial charge in [-0.25, -0.2) is 4.79 Å². The number of rotatable bonds is 6. The maximum absolute atomic E-state index is 12.7. The number of amides is 3. The maximum atomic E-state index is 12.7. The lowest BCUT2D eigenvalue weighted by Gasteiger charge is -2.57. The maximum Gasteiger partial charge on any atom is 0.322 e. The summed E-state index contributed by atoms with van der Waals surface area (Å²) in [5.41, 5.74) is 1.43. The summed E-state index contributed by atoms with van der Waals surface area (Å²) < 4.78 is 0. The molecular formula is C23H37N3O2. The highest BCUT2D eigenvalue weighted by atomic mass is 16.2. The van der Waals surface area contributed by atoms with Crippen molar-refractivity contribution in [3.8, 4) is 0 Å². The highest BCUT2D eigenvalue weighted by Gasteiger charge is 2.53. The summed E-state index contributed by atoms with van der Waals surface area (Å²) >= 11 is 0. The molecule has 0 spiro atoms. The molecule has 2 N–H and O–H groups in total. The van der Waals surface area contributed by atoms with E-state index in [0.717, 1.165) is 57.2 Å². The van der Waals surface area contributed by atoms with Crippen LogP contribution in [0.2, 0.25) is 0 Å². The van der Waals surface area contributed by atoms with E-state index in [-0.39, 0.29) is 17.9 Å². The Morgan fingerprint density at radius 3 is 2.43 bits per heavy atom. The number of nitrogens with one attached hydrogen (secondary N) is 2. The monoisotopic (exact) mass is 387 g/mol. The molecule has 1 unspecified atom stereocenters. The average molecular weight is 388 g/mol. The minimum Gasteiger partial charge on any atom is -0.323 e. The molecule has 5 nitrogen and oxygen atoms in total. The lowest BCUT2D eigenvalue weighted by molar-refractivity contribution is -0.127. The molecule has 3 aliphatic carbocycles. The lowest BCUT2D eigenvalue weighted by Crippen LogP contribution is -2.56. The predicted octanol–water partition coefficient (Wildman–Crippen LogP) is 3.71. The van der Waals surface area contributed by atoms with Crippen molar-refractivity contribution in [3.05, 3.63) is 11.6 Å². The van der Waals surface area contributed by atoms with Crippen molar-refractivity contribution in [2.45, 2.75) is 71.8 Å². The molecular weight excluding hydrogens is 350 g/mol. The molecule has 0 aromatic heterocycles. The van der Waals surface area contributed by atoms with Gasteiger partial charge in [0, 0.05) is 6.54 Å². The van der Waals surface area contributed by atoms with Crippen molar-refractivity contribution in [1.82, 2.24) is 15.5 Å². The van der Waals surface area contributed by atoms with Gasteiger partial charge in [0.15, 0.2) is 0 Å². The number of urea groups is 1. The molecule has 2 saturated heterocycles. The van der Waals surface area contributed by atoms with E-state index in [1.54, 1.807) is 5.57 Å². The number of allylic oxidation sites excluding steroid dienone is 1. The van der Waals surface area contributed by atoms with E-state index >= 15 is 0 Å². The number of likely N-dealkylation sites (tertiary alicyclic amines) is 1. The van der Waals surface area contributed by atoms with Gasteiger partial charge >= 0.3 is 6.03 Å². The van der Waals surface area contributed by atoms with Crippen LogP contribution in [0.25, 0.3) is 0 Å². The van der Waals surface area contributed by atoms with Gasteiger partial charge < -0.3 is 5.32 Å². The Kier molecular flexibility index (Phi) is 5.09. The van der Waals surface area contributed by atoms with Gasteiger partial charge in [0.05, 0.1) is 0 Å². The number of fused-ring (bicyclic) bond motifs is 1. The summed E-state index contributed by atoms with van der Waals surface area (Å²) in [5, 5.41) is 5.55. The smallest absolute Gasteiger partial charge is 0.322 e. The van der Waals surface area contributed by atoms with Gasteiger partial charge in [0.25, 0.3) is 5.91 Å². The van der Waals surface area contributed by atoms with Gasteiger partial charge in [-0.05, 0) is 80.7 Å². The Balaban J connectivity index is 1.38. The second-order valence-electron chi connectivity index (χ2n) is 10.7. The zero-order valence-electron chi connectivity index (χ0n) is 18.0. The molecule has 0 aromatic carbocycles. The van der Waals surface area contributed by atoms with Crippen molar-refractivity contribution in [2.24, 2.45) is 29.1 Å². The summed E-state index contributed by atoms with van der Waals surface area (Å²) in [5.74, 6) is 2.31. The molecule has 5 heteroatoms. The summed E-state index contributed by atoms with van der Waals surface area (Å²) in [6, 6.07) is -0.315. The SMILES string of the molecule is CC(C)CCC1(C2CCN(CC3=CC[C@H]4C[C@@H]3C4(C)C)CC2)NC(=O)NC1=O. The van der Waals surface area contributed by atoms with Crippen molar-refractivity contribution < 1.29 is 9.59 Å². The standard InChI is InChI=1S/C23H37N3O2/c1-15(2)7-10-23(20(27)24-21(28)25-23)17-8-11-26(12-9-17)14-16-5-6-18-13-19(16)22(18,3)4/h5,15,17-19H,6-14H2,1-4H3,(H2,24,25,27,28)/t18-,19-,23?/m0/s1. The number of carbonyl (C=O) groups excluding carboxylic acids is 2. The number of hydrogen-bond donors (Lipinski definition) is 2. The number of imide groups is 1. The molecule has 5 aliphatic rings. The van der Waals surface area contributed by atoms with Gasteiger partial charge in [-0.1, -0.05) is 39.3 Å². The second kappa shape index (κ2) is 7.16. The van der Waals surface area contributed by atoms with Crippen LogP contribution in [-0.4, -0.2) is 42.0 Å². The molecule has 3 atom stereocenters. The molecule has 5 rings (SSSR count). The van der Waals surface area contributed by atoms with Crippen molar-refractivity contribution in [1.29, 1.82) is 0 Å². The fourth-order valence-corrected chi connectivity index (χ4v) is 6.19. The molecule has 28 heavy (non-hydrogen) atoms. The summed E-state index contributed by atoms with van der Waals surface area (Å²) in [6.45, 7) is 12.3. The van der Waals surface area contributed by atoms with Gasteiger partial charge in [-0.3, -0.25) is 15.0 Å². The van der Waals surface area contributed by atoms with E-state index in [4.69, 9.17) is 0 Å². The van der Waals surface area contributed by atoms with Crippen LogP contribution in [0, 0.1) is 29.1 Å². The Bertz CT molecular complexity index is 675. The Morgan fingerprint density at radius 1 is 1.18 bits per heavy atom. The normalized spacial score (nSPS) is 35.4. The van der Waals surface area contributed by atoms with Crippen LogP contribution in [-0.2, 0) is 4.79 Å². The van der Waals surface area contributed by atoms with Crippen LogP contribution in [0.1, 0.15) is 66.2 Å². The van der Waals surface area contributed by atoms with Crippen LogP contribution < -0.4 is 10.6 Å². The second-order valence-corrected chi connectivity index (χ2v) is 10.7. The largest absolute Gasteiger partial charge is 0.323 e. The zero-order valence-corrected chi connectivity index (χ0v) is 18.0. The predicted molar refractivity (Wildman–Crippen MR) is 111 cm³/mol. The molecule has 2 heterocycles. The van der Waals surface area contributed by atoms with Gasteiger partial charge in [0.2, 0.25) is 0 Å². The third kappa shape index (κ3) is 3.30. The van der Waals surface area contributed by atoms with E-state index in [0.29, 0.717) is 11.3 Å². The van der Waals surface area contributed by atoms with Crippen LogP contribution in [0.3, 0.4) is 0 Å². The third-order valence-corrected chi connectivity index (χ3v) is 8.36. The van der Waals surface area contributed by atoms with Crippen LogP contribution in [0.4, 0.5) is 4.79 Å². The molecule has 1 saturated carbocycles. The molecule has 2 bridgehead atoms. The Hall–Kier alpha value is -1.36. The molecule has 3 fully saturated rings. The van der Waals surface area contributed by atoms with Crippen molar-refractivity contribution in [2.75, 3.05) is 19.6 Å². The van der Waals surface area contributed by atoms with Crippen LogP contribution in [0.5, 0.6) is 0 Å². The average Bonchev–Trinajstić information content (AvgIpc) is 2.95. The highest BCUT2D eigenvalue weighted by molar-refractivity contribution is 6.07. The van der Waals surface area contributed by atoms with E-state index in [2.05, 4.69) is 49.3 Å². The van der Waals surface area contributed by atoms with Crippen LogP contribution >= 0.6 is 0 Å². The molecule has 2 aliphatic heterocycles. The summed E-state index contributed by atoms with van der Waals surface area (Å²) in [7, 11) is 0. The van der Waals surface area contributed by atoms with Gasteiger partial charge in [-0.2, -0.15) is 0 Å². The third-order valence-electron chi connectivity index (χ3n) is 8.36. The fraction of sp³-hybridized carbons (Fsp3) is 0.826. The first kappa shape index (κ1) is 19.9. The highest BCUT2D eigenvalue weighted by Crippen LogP contribution is 2.59. The molecule has 0 aromatic rings. The molecule has 3 amide bonds. The minimum absolute atomic E-state index is 0.103. The van der Waals surface area contributed by atoms with Crippen molar-refractivity contribution in [3.63, 3.8) is 0 Å². The van der Waals surface area contributed by atoms with E-state index in [1.807, 2.05) is 0 Å². The Labute approximate surface area is 169 Å². The number of hydrogen-bond acceptors (Lipinski definition) is 3. The first-order chi connectivity index (χ1) is 13.2.